The van der Waals surface area contributed by atoms with Crippen molar-refractivity contribution in [2.45, 2.75) is 38.8 Å². The van der Waals surface area contributed by atoms with Gasteiger partial charge in [-0.15, -0.1) is 0 Å². The van der Waals surface area contributed by atoms with E-state index in [4.69, 9.17) is 5.84 Å². The van der Waals surface area contributed by atoms with Crippen LogP contribution in [0.1, 0.15) is 38.3 Å². The summed E-state index contributed by atoms with van der Waals surface area (Å²) < 4.78 is 41.3. The molecule has 1 unspecified atom stereocenters. The molecule has 0 aromatic carbocycles. The van der Waals surface area contributed by atoms with Gasteiger partial charge in [-0.25, -0.2) is 25.9 Å². The van der Waals surface area contributed by atoms with Crippen LogP contribution in [0, 0.1) is 5.92 Å². The number of hydrazine groups is 1. The second-order valence-corrected chi connectivity index (χ2v) is 7.82. The Kier molecular flexibility index (Phi) is 9.16. The lowest BCUT2D eigenvalue weighted by atomic mass is 10.00. The predicted octanol–water partition coefficient (Wildman–Crippen LogP) is 1.50. The Balaban J connectivity index is 2.29. The molecule has 2 amide bonds. The predicted molar refractivity (Wildman–Crippen MR) is 111 cm³/mol. The molecular formula is C19H30F3N7O3. The number of nitrogens with zero attached hydrogens (tertiary/aromatic N) is 6. The van der Waals surface area contributed by atoms with E-state index in [1.54, 1.807) is 4.90 Å². The van der Waals surface area contributed by atoms with E-state index in [-0.39, 0.29) is 25.1 Å². The van der Waals surface area contributed by atoms with Crippen molar-refractivity contribution >= 4 is 24.0 Å². The lowest BCUT2D eigenvalue weighted by molar-refractivity contribution is -0.154. The Morgan fingerprint density at radius 2 is 1.97 bits per heavy atom. The summed E-state index contributed by atoms with van der Waals surface area (Å²) in [5, 5.41) is 10.3. The maximum Gasteiger partial charge on any atom is 0.435 e. The van der Waals surface area contributed by atoms with E-state index in [9.17, 15) is 28.0 Å². The lowest BCUT2D eigenvalue weighted by Crippen LogP contribution is -2.47. The summed E-state index contributed by atoms with van der Waals surface area (Å²) in [4.78, 5) is 34.6. The number of hydrogen-bond acceptors (Lipinski definition) is 8. The van der Waals surface area contributed by atoms with E-state index in [1.807, 2.05) is 18.9 Å². The summed E-state index contributed by atoms with van der Waals surface area (Å²) >= 11 is 0. The third-order valence-electron chi connectivity index (χ3n) is 5.36. The van der Waals surface area contributed by atoms with Crippen molar-refractivity contribution in [2.24, 2.45) is 11.8 Å². The number of alkyl halides is 3. The van der Waals surface area contributed by atoms with Crippen molar-refractivity contribution in [3.05, 3.63) is 11.9 Å². The molecule has 0 bridgehead atoms. The van der Waals surface area contributed by atoms with Crippen molar-refractivity contribution in [1.29, 1.82) is 0 Å². The molecule has 32 heavy (non-hydrogen) atoms. The summed E-state index contributed by atoms with van der Waals surface area (Å²) in [5.74, 6) is 3.49. The summed E-state index contributed by atoms with van der Waals surface area (Å²) in [5.41, 5.74) is -1.34. The number of halogens is 3. The van der Waals surface area contributed by atoms with E-state index in [2.05, 4.69) is 9.97 Å². The average Bonchev–Trinajstić information content (AvgIpc) is 2.77. The SMILES string of the molecule is CCCCCC(CN(O)C=O)C(=O)N(N)c1ncc(N2CCN(C)CC2)c(C(F)(F)F)n1. The van der Waals surface area contributed by atoms with E-state index in [0.29, 0.717) is 42.7 Å². The fourth-order valence-electron chi connectivity index (χ4n) is 3.47. The first-order chi connectivity index (χ1) is 15.1. The van der Waals surface area contributed by atoms with Crippen LogP contribution < -0.4 is 15.8 Å². The first kappa shape index (κ1) is 25.7. The van der Waals surface area contributed by atoms with Gasteiger partial charge >= 0.3 is 6.18 Å². The average molecular weight is 461 g/mol. The number of hydrogen-bond donors (Lipinski definition) is 2. The molecule has 1 fully saturated rings. The van der Waals surface area contributed by atoms with Gasteiger partial charge in [-0.3, -0.25) is 14.8 Å². The molecule has 1 aromatic heterocycles. The maximum atomic E-state index is 13.8. The number of nitrogens with two attached hydrogens (primary N) is 1. The van der Waals surface area contributed by atoms with Crippen molar-refractivity contribution in [2.75, 3.05) is 49.7 Å². The summed E-state index contributed by atoms with van der Waals surface area (Å²) in [6, 6.07) is 0. The van der Waals surface area contributed by atoms with Crippen molar-refractivity contribution < 1.29 is 28.0 Å². The smallest absolute Gasteiger partial charge is 0.366 e. The van der Waals surface area contributed by atoms with Gasteiger partial charge in [0.05, 0.1) is 24.3 Å². The van der Waals surface area contributed by atoms with Crippen molar-refractivity contribution in [3.8, 4) is 0 Å². The molecule has 1 aromatic rings. The zero-order valence-corrected chi connectivity index (χ0v) is 18.3. The standard InChI is InChI=1S/C19H30F3N7O3/c1-3-4-5-6-14(12-28(32)13-30)17(31)29(23)18-24-11-15(16(25-18)19(20,21)22)27-9-7-26(2)8-10-27/h11,13-14,32H,3-10,12,23H2,1-2H3. The van der Waals surface area contributed by atoms with Crippen LogP contribution in [0.4, 0.5) is 24.8 Å². The normalized spacial score (nSPS) is 16.0. The zero-order chi connectivity index (χ0) is 23.9. The molecule has 13 heteroatoms. The molecule has 180 valence electrons. The van der Waals surface area contributed by atoms with Crippen molar-refractivity contribution in [1.82, 2.24) is 19.9 Å². The number of carbonyl (C=O) groups is 2. The highest BCUT2D eigenvalue weighted by molar-refractivity contribution is 5.92. The van der Waals surface area contributed by atoms with Crippen LogP contribution >= 0.6 is 0 Å². The molecule has 0 radical (unpaired) electrons. The van der Waals surface area contributed by atoms with Crippen LogP contribution in [0.2, 0.25) is 0 Å². The Morgan fingerprint density at radius 1 is 1.31 bits per heavy atom. The van der Waals surface area contributed by atoms with Crippen LogP contribution in [0.25, 0.3) is 0 Å². The number of carbonyl (C=O) groups excluding carboxylic acids is 2. The van der Waals surface area contributed by atoms with E-state index in [0.717, 1.165) is 19.0 Å². The number of hydroxylamine groups is 2. The quantitative estimate of drug-likeness (QED) is 0.134. The molecule has 0 spiro atoms. The minimum atomic E-state index is -4.78. The van der Waals surface area contributed by atoms with Crippen LogP contribution in [0.15, 0.2) is 6.20 Å². The summed E-state index contributed by atoms with van der Waals surface area (Å²) in [6.45, 7) is 3.56. The molecule has 1 aliphatic heterocycles. The number of aromatic nitrogens is 2. The van der Waals surface area contributed by atoms with E-state index >= 15 is 0 Å². The molecule has 1 saturated heterocycles. The first-order valence-corrected chi connectivity index (χ1v) is 10.5. The fraction of sp³-hybridized carbons (Fsp3) is 0.684. The Bertz CT molecular complexity index is 773. The second-order valence-electron chi connectivity index (χ2n) is 7.82. The highest BCUT2D eigenvalue weighted by Crippen LogP contribution is 2.36. The lowest BCUT2D eigenvalue weighted by Gasteiger charge is -2.35. The number of piperazine rings is 1. The molecule has 2 heterocycles. The number of unbranched alkanes of at least 4 members (excludes halogenated alkanes) is 2. The molecule has 0 aliphatic carbocycles. The van der Waals surface area contributed by atoms with Gasteiger partial charge in [-0.1, -0.05) is 26.2 Å². The number of rotatable bonds is 10. The van der Waals surface area contributed by atoms with Crippen LogP contribution in [-0.2, 0) is 15.8 Å². The largest absolute Gasteiger partial charge is 0.435 e. The van der Waals surface area contributed by atoms with E-state index < -0.39 is 29.6 Å². The number of likely N-dealkylation sites (N-methyl/N-ethyl adjacent to an activating group) is 1. The molecule has 10 nitrogen and oxygen atoms in total. The minimum absolute atomic E-state index is 0.143. The van der Waals surface area contributed by atoms with Gasteiger partial charge in [0.25, 0.3) is 0 Å². The van der Waals surface area contributed by atoms with Crippen molar-refractivity contribution in [3.63, 3.8) is 0 Å². The number of anilines is 2. The Labute approximate surface area is 184 Å². The zero-order valence-electron chi connectivity index (χ0n) is 18.3. The topological polar surface area (TPSA) is 119 Å². The molecule has 0 saturated carbocycles. The monoisotopic (exact) mass is 461 g/mol. The third kappa shape index (κ3) is 6.74. The van der Waals surface area contributed by atoms with Gasteiger partial charge < -0.3 is 9.80 Å². The molecule has 3 N–H and O–H groups in total. The van der Waals surface area contributed by atoms with Gasteiger partial charge in [-0.2, -0.15) is 13.2 Å². The fourth-order valence-corrected chi connectivity index (χ4v) is 3.47. The van der Waals surface area contributed by atoms with Gasteiger partial charge in [0, 0.05) is 26.2 Å². The molecule has 1 atom stereocenters. The second kappa shape index (κ2) is 11.4. The summed E-state index contributed by atoms with van der Waals surface area (Å²) in [7, 11) is 1.88. The summed E-state index contributed by atoms with van der Waals surface area (Å²) in [6.07, 6.45) is -1.03. The van der Waals surface area contributed by atoms with E-state index in [1.165, 1.54) is 0 Å². The Hall–Kier alpha value is -2.51. The highest BCUT2D eigenvalue weighted by Gasteiger charge is 2.39. The maximum absolute atomic E-state index is 13.8. The minimum Gasteiger partial charge on any atom is -0.366 e. The Morgan fingerprint density at radius 3 is 2.53 bits per heavy atom. The van der Waals surface area contributed by atoms with Gasteiger partial charge in [0.15, 0.2) is 5.69 Å². The van der Waals surface area contributed by atoms with Gasteiger partial charge in [-0.05, 0) is 13.5 Å². The first-order valence-electron chi connectivity index (χ1n) is 10.5. The number of amides is 2. The van der Waals surface area contributed by atoms with Crippen LogP contribution in [-0.4, -0.2) is 77.2 Å². The molecule has 1 aliphatic rings. The molecular weight excluding hydrogens is 431 g/mol. The van der Waals surface area contributed by atoms with Crippen LogP contribution in [0.3, 0.4) is 0 Å². The van der Waals surface area contributed by atoms with Gasteiger partial charge in [0.1, 0.15) is 0 Å². The molecule has 2 rings (SSSR count). The highest BCUT2D eigenvalue weighted by atomic mass is 19.4. The van der Waals surface area contributed by atoms with Crippen LogP contribution in [0.5, 0.6) is 0 Å². The third-order valence-corrected chi connectivity index (χ3v) is 5.36. The van der Waals surface area contributed by atoms with Gasteiger partial charge in [0.2, 0.25) is 18.3 Å².